The molecule has 3 rings (SSSR count). The molecule has 0 saturated carbocycles. The standard InChI is InChI=1S/C17H18N4/c18-13-15-5-1-2-6-16(15)14-20-9-11-21(12-10-20)17-7-3-4-8-19-17/h1-8H,9-12,14H2. The van der Waals surface area contributed by atoms with Gasteiger partial charge in [-0.25, -0.2) is 4.98 Å². The summed E-state index contributed by atoms with van der Waals surface area (Å²) in [6.45, 7) is 4.80. The minimum absolute atomic E-state index is 0.782. The molecule has 0 N–H and O–H groups in total. The molecule has 1 aliphatic rings. The fourth-order valence-corrected chi connectivity index (χ4v) is 2.68. The molecule has 0 atom stereocenters. The monoisotopic (exact) mass is 278 g/mol. The van der Waals surface area contributed by atoms with Crippen LogP contribution in [0.1, 0.15) is 11.1 Å². The Hall–Kier alpha value is -2.38. The van der Waals surface area contributed by atoms with Gasteiger partial charge >= 0.3 is 0 Å². The van der Waals surface area contributed by atoms with Gasteiger partial charge in [0, 0.05) is 38.9 Å². The Kier molecular flexibility index (Phi) is 4.13. The van der Waals surface area contributed by atoms with Crippen LogP contribution in [-0.4, -0.2) is 36.1 Å². The van der Waals surface area contributed by atoms with Gasteiger partial charge in [-0.3, -0.25) is 4.90 Å². The molecule has 2 aromatic rings. The fourth-order valence-electron chi connectivity index (χ4n) is 2.68. The van der Waals surface area contributed by atoms with E-state index in [-0.39, 0.29) is 0 Å². The van der Waals surface area contributed by atoms with Crippen LogP contribution in [0, 0.1) is 11.3 Å². The molecule has 4 heteroatoms. The molecule has 0 amide bonds. The first kappa shape index (κ1) is 13.6. The molecule has 106 valence electrons. The van der Waals surface area contributed by atoms with Gasteiger partial charge in [-0.05, 0) is 23.8 Å². The Bertz CT molecular complexity index is 625. The lowest BCUT2D eigenvalue weighted by molar-refractivity contribution is 0.249. The van der Waals surface area contributed by atoms with E-state index in [1.807, 2.05) is 42.6 Å². The van der Waals surface area contributed by atoms with E-state index in [1.165, 1.54) is 0 Å². The zero-order chi connectivity index (χ0) is 14.5. The topological polar surface area (TPSA) is 43.2 Å². The minimum Gasteiger partial charge on any atom is -0.354 e. The number of rotatable bonds is 3. The largest absolute Gasteiger partial charge is 0.354 e. The Morgan fingerprint density at radius 2 is 1.76 bits per heavy atom. The van der Waals surface area contributed by atoms with Crippen molar-refractivity contribution >= 4 is 5.82 Å². The van der Waals surface area contributed by atoms with Gasteiger partial charge in [-0.15, -0.1) is 0 Å². The lowest BCUT2D eigenvalue weighted by atomic mass is 10.1. The quantitative estimate of drug-likeness (QED) is 0.864. The van der Waals surface area contributed by atoms with Crippen molar-refractivity contribution < 1.29 is 0 Å². The predicted octanol–water partition coefficient (Wildman–Crippen LogP) is 2.28. The van der Waals surface area contributed by atoms with Crippen LogP contribution in [0.15, 0.2) is 48.7 Å². The summed E-state index contributed by atoms with van der Waals surface area (Å²) < 4.78 is 0. The van der Waals surface area contributed by atoms with Crippen LogP contribution in [0.3, 0.4) is 0 Å². The van der Waals surface area contributed by atoms with E-state index in [0.717, 1.165) is 49.7 Å². The molecule has 1 aliphatic heterocycles. The number of anilines is 1. The van der Waals surface area contributed by atoms with Gasteiger partial charge in [0.05, 0.1) is 11.6 Å². The Morgan fingerprint density at radius 3 is 2.48 bits per heavy atom. The maximum Gasteiger partial charge on any atom is 0.128 e. The van der Waals surface area contributed by atoms with Crippen molar-refractivity contribution in [2.75, 3.05) is 31.1 Å². The molecular formula is C17H18N4. The van der Waals surface area contributed by atoms with Gasteiger partial charge in [0.25, 0.3) is 0 Å². The van der Waals surface area contributed by atoms with E-state index in [9.17, 15) is 0 Å². The summed E-state index contributed by atoms with van der Waals surface area (Å²) in [4.78, 5) is 9.11. The normalized spacial score (nSPS) is 15.7. The minimum atomic E-state index is 0.782. The lowest BCUT2D eigenvalue weighted by Gasteiger charge is -2.35. The van der Waals surface area contributed by atoms with E-state index < -0.39 is 0 Å². The van der Waals surface area contributed by atoms with Crippen LogP contribution >= 0.6 is 0 Å². The zero-order valence-corrected chi connectivity index (χ0v) is 11.9. The molecule has 0 radical (unpaired) electrons. The number of pyridine rings is 1. The van der Waals surface area contributed by atoms with Crippen LogP contribution in [-0.2, 0) is 6.54 Å². The van der Waals surface area contributed by atoms with Gasteiger partial charge in [-0.2, -0.15) is 5.26 Å². The second-order valence-corrected chi connectivity index (χ2v) is 5.22. The lowest BCUT2D eigenvalue weighted by Crippen LogP contribution is -2.46. The molecule has 4 nitrogen and oxygen atoms in total. The molecular weight excluding hydrogens is 260 g/mol. The number of hydrogen-bond donors (Lipinski definition) is 0. The SMILES string of the molecule is N#Cc1ccccc1CN1CCN(c2ccccn2)CC1. The third-order valence-corrected chi connectivity index (χ3v) is 3.88. The molecule has 21 heavy (non-hydrogen) atoms. The van der Waals surface area contributed by atoms with Crippen molar-refractivity contribution in [2.24, 2.45) is 0 Å². The number of nitriles is 1. The third kappa shape index (κ3) is 3.21. The van der Waals surface area contributed by atoms with Crippen LogP contribution in [0.25, 0.3) is 0 Å². The Morgan fingerprint density at radius 1 is 1.00 bits per heavy atom. The number of aromatic nitrogens is 1. The van der Waals surface area contributed by atoms with Crippen LogP contribution in [0.4, 0.5) is 5.82 Å². The Labute approximate surface area is 125 Å². The second-order valence-electron chi connectivity index (χ2n) is 5.22. The number of nitrogens with zero attached hydrogens (tertiary/aromatic N) is 4. The summed E-state index contributed by atoms with van der Waals surface area (Å²) in [5.41, 5.74) is 1.90. The van der Waals surface area contributed by atoms with Crippen molar-refractivity contribution in [1.82, 2.24) is 9.88 Å². The fraction of sp³-hybridized carbons (Fsp3) is 0.294. The van der Waals surface area contributed by atoms with E-state index in [1.54, 1.807) is 0 Å². The zero-order valence-electron chi connectivity index (χ0n) is 11.9. The van der Waals surface area contributed by atoms with Gasteiger partial charge in [0.1, 0.15) is 5.82 Å². The highest BCUT2D eigenvalue weighted by molar-refractivity contribution is 5.39. The number of hydrogen-bond acceptors (Lipinski definition) is 4. The molecule has 0 unspecified atom stereocenters. The van der Waals surface area contributed by atoms with Gasteiger partial charge < -0.3 is 4.90 Å². The summed E-state index contributed by atoms with van der Waals surface area (Å²) in [7, 11) is 0. The second kappa shape index (κ2) is 6.38. The highest BCUT2D eigenvalue weighted by Gasteiger charge is 2.18. The predicted molar refractivity (Wildman–Crippen MR) is 82.9 cm³/mol. The molecule has 0 bridgehead atoms. The summed E-state index contributed by atoms with van der Waals surface area (Å²) in [6.07, 6.45) is 1.84. The number of piperazine rings is 1. The first-order valence-corrected chi connectivity index (χ1v) is 7.23. The van der Waals surface area contributed by atoms with Crippen LogP contribution in [0.2, 0.25) is 0 Å². The van der Waals surface area contributed by atoms with Crippen molar-refractivity contribution in [2.45, 2.75) is 6.54 Å². The average Bonchev–Trinajstić information content (AvgIpc) is 2.57. The van der Waals surface area contributed by atoms with Crippen molar-refractivity contribution in [1.29, 1.82) is 5.26 Å². The summed E-state index contributed by atoms with van der Waals surface area (Å²) in [5, 5.41) is 9.15. The van der Waals surface area contributed by atoms with E-state index in [0.29, 0.717) is 0 Å². The molecule has 1 fully saturated rings. The highest BCUT2D eigenvalue weighted by atomic mass is 15.3. The molecule has 1 aromatic carbocycles. The maximum atomic E-state index is 9.15. The van der Waals surface area contributed by atoms with E-state index >= 15 is 0 Å². The van der Waals surface area contributed by atoms with Gasteiger partial charge in [0.2, 0.25) is 0 Å². The first-order valence-electron chi connectivity index (χ1n) is 7.23. The molecule has 2 heterocycles. The Balaban J connectivity index is 1.60. The molecule has 0 spiro atoms. The molecule has 0 aliphatic carbocycles. The van der Waals surface area contributed by atoms with Gasteiger partial charge in [-0.1, -0.05) is 24.3 Å². The van der Waals surface area contributed by atoms with Crippen molar-refractivity contribution in [3.63, 3.8) is 0 Å². The highest BCUT2D eigenvalue weighted by Crippen LogP contribution is 2.16. The van der Waals surface area contributed by atoms with Crippen LogP contribution in [0.5, 0.6) is 0 Å². The van der Waals surface area contributed by atoms with Crippen molar-refractivity contribution in [3.8, 4) is 6.07 Å². The molecule has 1 aromatic heterocycles. The molecule has 1 saturated heterocycles. The van der Waals surface area contributed by atoms with Crippen LogP contribution < -0.4 is 4.90 Å². The van der Waals surface area contributed by atoms with E-state index in [2.05, 4.69) is 26.9 Å². The smallest absolute Gasteiger partial charge is 0.128 e. The summed E-state index contributed by atoms with van der Waals surface area (Å²) in [6, 6.07) is 16.1. The van der Waals surface area contributed by atoms with E-state index in [4.69, 9.17) is 5.26 Å². The van der Waals surface area contributed by atoms with Crippen molar-refractivity contribution in [3.05, 3.63) is 59.8 Å². The summed E-state index contributed by atoms with van der Waals surface area (Å²) in [5.74, 6) is 1.05. The maximum absolute atomic E-state index is 9.15. The summed E-state index contributed by atoms with van der Waals surface area (Å²) >= 11 is 0. The first-order chi connectivity index (χ1) is 10.4. The number of benzene rings is 1. The van der Waals surface area contributed by atoms with Gasteiger partial charge in [0.15, 0.2) is 0 Å². The third-order valence-electron chi connectivity index (χ3n) is 3.88. The average molecular weight is 278 g/mol.